The Morgan fingerprint density at radius 2 is 0.600 bits per heavy atom. The third-order valence-electron chi connectivity index (χ3n) is 14.4. The zero-order valence-corrected chi connectivity index (χ0v) is 40.2. The minimum atomic E-state index is -0.0885. The van der Waals surface area contributed by atoms with E-state index in [1.54, 1.807) is 0 Å². The summed E-state index contributed by atoms with van der Waals surface area (Å²) in [6, 6.07) is 38.9. The molecule has 310 valence electrons. The van der Waals surface area contributed by atoms with Gasteiger partial charge in [0.2, 0.25) is 0 Å². The molecule has 0 nitrogen and oxygen atoms in total. The number of rotatable bonds is 3. The minimum Gasteiger partial charge on any atom is -0.0579 e. The fourth-order valence-electron chi connectivity index (χ4n) is 10.2. The Hall–Kier alpha value is -4.68. The molecule has 0 aliphatic heterocycles. The number of fused-ring (bicyclic) bond motifs is 6. The molecule has 0 spiro atoms. The second kappa shape index (κ2) is 13.4. The van der Waals surface area contributed by atoms with Crippen LogP contribution in [-0.4, -0.2) is 0 Å². The average molecular weight is 791 g/mol. The van der Waals surface area contributed by atoms with Gasteiger partial charge in [-0.2, -0.15) is 0 Å². The fourth-order valence-corrected chi connectivity index (χ4v) is 10.2. The fraction of sp³-hybridized carbons (Fsp3) is 0.400. The van der Waals surface area contributed by atoms with Crippen molar-refractivity contribution in [1.29, 1.82) is 0 Å². The molecule has 2 aliphatic rings. The quantitative estimate of drug-likeness (QED) is 0.167. The van der Waals surface area contributed by atoms with Crippen molar-refractivity contribution in [3.8, 4) is 55.6 Å². The molecule has 0 saturated heterocycles. The van der Waals surface area contributed by atoms with Crippen LogP contribution >= 0.6 is 0 Å². The number of aryl methyl sites for hydroxylation is 2. The molecule has 0 amide bonds. The number of hydrogen-bond acceptors (Lipinski definition) is 0. The molecule has 0 unspecified atom stereocenters. The molecule has 6 aromatic carbocycles. The van der Waals surface area contributed by atoms with Crippen molar-refractivity contribution in [2.45, 2.75) is 157 Å². The summed E-state index contributed by atoms with van der Waals surface area (Å²) < 4.78 is 0. The molecule has 0 atom stereocenters. The monoisotopic (exact) mass is 791 g/mol. The van der Waals surface area contributed by atoms with Gasteiger partial charge >= 0.3 is 0 Å². The Morgan fingerprint density at radius 3 is 0.900 bits per heavy atom. The third kappa shape index (κ3) is 6.73. The second-order valence-electron chi connectivity index (χ2n) is 23.7. The maximum absolute atomic E-state index is 2.51. The maximum Gasteiger partial charge on any atom is 0.0159 e. The van der Waals surface area contributed by atoms with Crippen LogP contribution in [-0.2, 0) is 32.5 Å². The first-order valence-corrected chi connectivity index (χ1v) is 22.5. The van der Waals surface area contributed by atoms with Gasteiger partial charge in [-0.3, -0.25) is 0 Å². The Labute approximate surface area is 363 Å². The Morgan fingerprint density at radius 1 is 0.300 bits per heavy atom. The van der Waals surface area contributed by atoms with Gasteiger partial charge in [-0.15, -0.1) is 0 Å². The van der Waals surface area contributed by atoms with Crippen LogP contribution in [0.4, 0.5) is 0 Å². The van der Waals surface area contributed by atoms with Crippen LogP contribution < -0.4 is 0 Å². The summed E-state index contributed by atoms with van der Waals surface area (Å²) in [6.45, 7) is 42.4. The molecule has 0 radical (unpaired) electrons. The highest BCUT2D eigenvalue weighted by Crippen LogP contribution is 2.56. The van der Waals surface area contributed by atoms with Crippen LogP contribution in [0.3, 0.4) is 0 Å². The minimum absolute atomic E-state index is 0.0258. The molecular formula is C60H70. The zero-order chi connectivity index (χ0) is 43.9. The lowest BCUT2D eigenvalue weighted by Crippen LogP contribution is -2.19. The largest absolute Gasteiger partial charge is 0.0579 e. The van der Waals surface area contributed by atoms with Gasteiger partial charge in [-0.25, -0.2) is 0 Å². The van der Waals surface area contributed by atoms with Crippen LogP contribution in [0.2, 0.25) is 0 Å². The summed E-state index contributed by atoms with van der Waals surface area (Å²) in [5.74, 6) is 0. The molecule has 8 rings (SSSR count). The van der Waals surface area contributed by atoms with E-state index in [1.165, 1.54) is 111 Å². The van der Waals surface area contributed by atoms with Crippen LogP contribution in [0, 0.1) is 13.8 Å². The Balaban J connectivity index is 1.24. The molecule has 0 aromatic heterocycles. The van der Waals surface area contributed by atoms with E-state index in [0.717, 1.165) is 0 Å². The molecule has 0 saturated carbocycles. The van der Waals surface area contributed by atoms with Crippen molar-refractivity contribution in [1.82, 2.24) is 0 Å². The number of hydrogen-bond donors (Lipinski definition) is 0. The smallest absolute Gasteiger partial charge is 0.0159 e. The normalized spacial score (nSPS) is 15.4. The molecule has 6 aromatic rings. The van der Waals surface area contributed by atoms with Gasteiger partial charge in [0.15, 0.2) is 0 Å². The lowest BCUT2D eigenvalue weighted by atomic mass is 9.76. The van der Waals surface area contributed by atoms with Crippen molar-refractivity contribution in [3.05, 3.63) is 153 Å². The van der Waals surface area contributed by atoms with E-state index >= 15 is 0 Å². The van der Waals surface area contributed by atoms with Gasteiger partial charge in [-0.05, 0) is 159 Å². The van der Waals surface area contributed by atoms with Crippen molar-refractivity contribution in [3.63, 3.8) is 0 Å². The molecule has 0 bridgehead atoms. The van der Waals surface area contributed by atoms with Crippen molar-refractivity contribution >= 4 is 0 Å². The molecular weight excluding hydrogens is 721 g/mol. The van der Waals surface area contributed by atoms with Gasteiger partial charge in [0, 0.05) is 10.8 Å². The van der Waals surface area contributed by atoms with E-state index in [-0.39, 0.29) is 32.5 Å². The molecule has 0 heteroatoms. The predicted molar refractivity (Wildman–Crippen MR) is 262 cm³/mol. The van der Waals surface area contributed by atoms with E-state index in [1.807, 2.05) is 0 Å². The molecule has 0 fully saturated rings. The van der Waals surface area contributed by atoms with Gasteiger partial charge in [0.1, 0.15) is 0 Å². The summed E-state index contributed by atoms with van der Waals surface area (Å²) in [5, 5.41) is 0. The van der Waals surface area contributed by atoms with Crippen LogP contribution in [0.25, 0.3) is 55.6 Å². The van der Waals surface area contributed by atoms with Crippen molar-refractivity contribution in [2.24, 2.45) is 0 Å². The zero-order valence-electron chi connectivity index (χ0n) is 40.2. The summed E-state index contributed by atoms with van der Waals surface area (Å²) in [4.78, 5) is 0. The second-order valence-corrected chi connectivity index (χ2v) is 23.7. The van der Waals surface area contributed by atoms with E-state index in [9.17, 15) is 0 Å². The van der Waals surface area contributed by atoms with E-state index in [4.69, 9.17) is 0 Å². The van der Waals surface area contributed by atoms with Crippen molar-refractivity contribution in [2.75, 3.05) is 0 Å². The average Bonchev–Trinajstić information content (AvgIpc) is 3.51. The van der Waals surface area contributed by atoms with Crippen LogP contribution in [0.15, 0.2) is 97.1 Å². The van der Waals surface area contributed by atoms with E-state index in [2.05, 4.69) is 222 Å². The Bertz CT molecular complexity index is 2540. The first kappa shape index (κ1) is 42.0. The summed E-state index contributed by atoms with van der Waals surface area (Å²) >= 11 is 0. The summed E-state index contributed by atoms with van der Waals surface area (Å²) in [6.07, 6.45) is 0. The molecule has 0 heterocycles. The summed E-state index contributed by atoms with van der Waals surface area (Å²) in [7, 11) is 0. The van der Waals surface area contributed by atoms with Gasteiger partial charge in [0.05, 0.1) is 0 Å². The van der Waals surface area contributed by atoms with Crippen LogP contribution in [0.1, 0.15) is 166 Å². The highest BCUT2D eigenvalue weighted by Gasteiger charge is 2.41. The first-order chi connectivity index (χ1) is 27.6. The predicted octanol–water partition coefficient (Wildman–Crippen LogP) is 17.1. The Kier molecular flexibility index (Phi) is 9.39. The third-order valence-corrected chi connectivity index (χ3v) is 14.4. The highest BCUT2D eigenvalue weighted by molar-refractivity contribution is 5.96. The summed E-state index contributed by atoms with van der Waals surface area (Å²) in [5.41, 5.74) is 27.5. The molecule has 0 N–H and O–H groups in total. The molecule has 2 aliphatic carbocycles. The van der Waals surface area contributed by atoms with Gasteiger partial charge in [0.25, 0.3) is 0 Å². The number of benzene rings is 6. The first-order valence-electron chi connectivity index (χ1n) is 22.5. The van der Waals surface area contributed by atoms with Crippen molar-refractivity contribution < 1.29 is 0 Å². The van der Waals surface area contributed by atoms with Gasteiger partial charge in [-0.1, -0.05) is 196 Å². The topological polar surface area (TPSA) is 0 Å². The molecule has 60 heavy (non-hydrogen) atoms. The highest BCUT2D eigenvalue weighted by atomic mass is 14.4. The standard InChI is InChI=1S/C60H70/c1-35-27-37(19-23-43(35)47-29-41(57(9,10)11)33-51-53(47)45-25-21-39(55(3,4)5)31-49(45)59(51,15)16)38-20-24-44(36(2)28-38)48-30-42(58(12,13)14)34-52-54(48)46-26-22-40(56(6,7)8)32-50(46)60(52,17)18/h19-34H,1-18H3. The van der Waals surface area contributed by atoms with E-state index < -0.39 is 0 Å². The lowest BCUT2D eigenvalue weighted by molar-refractivity contribution is 0.579. The SMILES string of the molecule is Cc1cc(-c2ccc(-c3cc(C(C)(C)C)cc4c3-c3ccc(C(C)(C)C)cc3C4(C)C)c(C)c2)ccc1-c1cc(C(C)(C)C)cc2c1-c1ccc(C(C)(C)C)cc1C2(C)C. The van der Waals surface area contributed by atoms with E-state index in [0.29, 0.717) is 0 Å². The lowest BCUT2D eigenvalue weighted by Gasteiger charge is -2.28. The maximum atomic E-state index is 2.51. The van der Waals surface area contributed by atoms with Gasteiger partial charge < -0.3 is 0 Å². The van der Waals surface area contributed by atoms with Crippen LogP contribution in [0.5, 0.6) is 0 Å².